The zero-order valence-electron chi connectivity index (χ0n) is 12.3. The first kappa shape index (κ1) is 16.0. The van der Waals surface area contributed by atoms with E-state index in [9.17, 15) is 4.79 Å². The molecule has 21 heavy (non-hydrogen) atoms. The summed E-state index contributed by atoms with van der Waals surface area (Å²) in [5, 5.41) is 0.467. The van der Waals surface area contributed by atoms with Crippen molar-refractivity contribution < 1.29 is 14.3 Å². The van der Waals surface area contributed by atoms with E-state index in [-0.39, 0.29) is 12.0 Å². The summed E-state index contributed by atoms with van der Waals surface area (Å²) in [4.78, 5) is 19.8. The maximum absolute atomic E-state index is 12.0. The summed E-state index contributed by atoms with van der Waals surface area (Å²) in [5.74, 6) is 0.490. The summed E-state index contributed by atoms with van der Waals surface area (Å²) in [5.41, 5.74) is 0. The lowest BCUT2D eigenvalue weighted by Crippen LogP contribution is -2.49. The number of nitrogens with zero attached hydrogens (tertiary/aromatic N) is 3. The minimum atomic E-state index is -0.164. The Labute approximate surface area is 129 Å². The molecular formula is C14H20ClN3O3. The number of aromatic nitrogens is 1. The van der Waals surface area contributed by atoms with E-state index in [2.05, 4.69) is 4.98 Å². The van der Waals surface area contributed by atoms with Crippen molar-refractivity contribution in [1.82, 2.24) is 14.8 Å². The zero-order valence-corrected chi connectivity index (χ0v) is 13.0. The van der Waals surface area contributed by atoms with E-state index in [0.29, 0.717) is 43.8 Å². The van der Waals surface area contributed by atoms with Gasteiger partial charge in [0.25, 0.3) is 0 Å². The second kappa shape index (κ2) is 7.59. The number of carbonyl (C=O) groups is 1. The molecule has 1 saturated heterocycles. The van der Waals surface area contributed by atoms with Gasteiger partial charge in [-0.25, -0.2) is 4.98 Å². The quantitative estimate of drug-likeness (QED) is 0.808. The van der Waals surface area contributed by atoms with Crippen LogP contribution in [0.15, 0.2) is 18.3 Å². The Morgan fingerprint density at radius 3 is 3.14 bits per heavy atom. The number of hydrogen-bond donors (Lipinski definition) is 0. The first-order valence-corrected chi connectivity index (χ1v) is 7.21. The van der Waals surface area contributed by atoms with E-state index < -0.39 is 0 Å². The highest BCUT2D eigenvalue weighted by Crippen LogP contribution is 2.20. The van der Waals surface area contributed by atoms with Crippen molar-refractivity contribution in [3.63, 3.8) is 0 Å². The number of carbonyl (C=O) groups excluding carboxylic acids is 1. The van der Waals surface area contributed by atoms with Crippen LogP contribution >= 0.6 is 11.6 Å². The molecule has 1 aliphatic rings. The Bertz CT molecular complexity index is 484. The van der Waals surface area contributed by atoms with Crippen molar-refractivity contribution in [1.29, 1.82) is 0 Å². The van der Waals surface area contributed by atoms with Crippen molar-refractivity contribution in [2.24, 2.45) is 0 Å². The molecule has 0 radical (unpaired) electrons. The molecule has 1 fully saturated rings. The van der Waals surface area contributed by atoms with Gasteiger partial charge in [0.15, 0.2) is 0 Å². The molecule has 116 valence electrons. The normalized spacial score (nSPS) is 18.9. The third-order valence-corrected chi connectivity index (χ3v) is 3.36. The highest BCUT2D eigenvalue weighted by molar-refractivity contribution is 6.31. The molecule has 7 heteroatoms. The number of amides is 1. The molecule has 1 aliphatic heterocycles. The van der Waals surface area contributed by atoms with Crippen LogP contribution in [0.1, 0.15) is 0 Å². The van der Waals surface area contributed by atoms with Crippen LogP contribution in [0, 0.1) is 0 Å². The van der Waals surface area contributed by atoms with Gasteiger partial charge in [0.2, 0.25) is 11.8 Å². The third kappa shape index (κ3) is 4.84. The molecule has 0 N–H and O–H groups in total. The molecule has 0 spiro atoms. The van der Waals surface area contributed by atoms with Crippen LogP contribution in [0.4, 0.5) is 0 Å². The molecule has 0 bridgehead atoms. The Kier molecular flexibility index (Phi) is 5.78. The first-order valence-electron chi connectivity index (χ1n) is 6.83. The van der Waals surface area contributed by atoms with E-state index >= 15 is 0 Å². The van der Waals surface area contributed by atoms with Gasteiger partial charge in [-0.3, -0.25) is 4.79 Å². The molecular weight excluding hydrogens is 294 g/mol. The van der Waals surface area contributed by atoms with Gasteiger partial charge >= 0.3 is 0 Å². The van der Waals surface area contributed by atoms with Crippen LogP contribution in [0.25, 0.3) is 0 Å². The Hall–Kier alpha value is -1.37. The maximum atomic E-state index is 12.0. The molecule has 6 nitrogen and oxygen atoms in total. The smallest absolute Gasteiger partial charge is 0.236 e. The standard InChI is InChI=1S/C14H20ClN3O3/c1-17(2)9-13(19)18-6-7-20-11(8-18)10-21-14-12(15)4-3-5-16-14/h3-5,11H,6-10H2,1-2H3/t11-/m1/s1. The highest BCUT2D eigenvalue weighted by atomic mass is 35.5. The maximum Gasteiger partial charge on any atom is 0.236 e. The molecule has 1 aromatic rings. The average Bonchev–Trinajstić information content (AvgIpc) is 2.46. The van der Waals surface area contributed by atoms with Crippen LogP contribution < -0.4 is 4.74 Å². The van der Waals surface area contributed by atoms with Crippen LogP contribution in [0.2, 0.25) is 5.02 Å². The molecule has 1 aromatic heterocycles. The van der Waals surface area contributed by atoms with Crippen molar-refractivity contribution in [3.05, 3.63) is 23.4 Å². The summed E-state index contributed by atoms with van der Waals surface area (Å²) >= 11 is 5.98. The summed E-state index contributed by atoms with van der Waals surface area (Å²) in [6.45, 7) is 2.38. The van der Waals surface area contributed by atoms with E-state index in [1.54, 1.807) is 23.2 Å². The van der Waals surface area contributed by atoms with Gasteiger partial charge in [-0.1, -0.05) is 11.6 Å². The van der Waals surface area contributed by atoms with Crippen LogP contribution in [-0.4, -0.2) is 73.7 Å². The number of ether oxygens (including phenoxy) is 2. The number of pyridine rings is 1. The predicted octanol–water partition coefficient (Wildman–Crippen LogP) is 0.903. The number of halogens is 1. The molecule has 2 heterocycles. The fourth-order valence-electron chi connectivity index (χ4n) is 2.07. The largest absolute Gasteiger partial charge is 0.474 e. The van der Waals surface area contributed by atoms with Crippen LogP contribution in [0.3, 0.4) is 0 Å². The van der Waals surface area contributed by atoms with Crippen molar-refractivity contribution in [3.8, 4) is 5.88 Å². The minimum absolute atomic E-state index is 0.101. The van der Waals surface area contributed by atoms with Crippen LogP contribution in [-0.2, 0) is 9.53 Å². The molecule has 0 saturated carbocycles. The van der Waals surface area contributed by atoms with Gasteiger partial charge in [-0.2, -0.15) is 0 Å². The highest BCUT2D eigenvalue weighted by Gasteiger charge is 2.25. The summed E-state index contributed by atoms with van der Waals surface area (Å²) in [7, 11) is 3.75. The topological polar surface area (TPSA) is 54.9 Å². The summed E-state index contributed by atoms with van der Waals surface area (Å²) < 4.78 is 11.2. The van der Waals surface area contributed by atoms with E-state index in [0.717, 1.165) is 0 Å². The second-order valence-electron chi connectivity index (χ2n) is 5.17. The van der Waals surface area contributed by atoms with Gasteiger partial charge in [0.1, 0.15) is 17.7 Å². The number of morpholine rings is 1. The Balaban J connectivity index is 1.84. The minimum Gasteiger partial charge on any atom is -0.474 e. The third-order valence-electron chi connectivity index (χ3n) is 3.07. The van der Waals surface area contributed by atoms with E-state index in [1.165, 1.54) is 0 Å². The molecule has 2 rings (SSSR count). The van der Waals surface area contributed by atoms with Gasteiger partial charge < -0.3 is 19.3 Å². The SMILES string of the molecule is CN(C)CC(=O)N1CCO[C@@H](COc2ncccc2Cl)C1. The first-order chi connectivity index (χ1) is 10.1. The second-order valence-corrected chi connectivity index (χ2v) is 5.58. The number of likely N-dealkylation sites (N-methyl/N-ethyl adjacent to an activating group) is 1. The predicted molar refractivity (Wildman–Crippen MR) is 79.6 cm³/mol. The van der Waals surface area contributed by atoms with Crippen molar-refractivity contribution in [2.75, 3.05) is 46.9 Å². The molecule has 0 aliphatic carbocycles. The lowest BCUT2D eigenvalue weighted by atomic mass is 10.2. The van der Waals surface area contributed by atoms with Gasteiger partial charge in [-0.05, 0) is 26.2 Å². The fourth-order valence-corrected chi connectivity index (χ4v) is 2.24. The molecule has 1 atom stereocenters. The van der Waals surface area contributed by atoms with Gasteiger partial charge in [0.05, 0.1) is 19.7 Å². The summed E-state index contributed by atoms with van der Waals surface area (Å²) in [6, 6.07) is 3.46. The van der Waals surface area contributed by atoms with Crippen molar-refractivity contribution in [2.45, 2.75) is 6.10 Å². The lowest BCUT2D eigenvalue weighted by Gasteiger charge is -2.33. The molecule has 1 amide bonds. The van der Waals surface area contributed by atoms with Gasteiger partial charge in [-0.15, -0.1) is 0 Å². The molecule has 0 aromatic carbocycles. The fraction of sp³-hybridized carbons (Fsp3) is 0.571. The van der Waals surface area contributed by atoms with Crippen LogP contribution in [0.5, 0.6) is 5.88 Å². The van der Waals surface area contributed by atoms with E-state index in [1.807, 2.05) is 19.0 Å². The zero-order chi connectivity index (χ0) is 15.2. The Morgan fingerprint density at radius 1 is 1.62 bits per heavy atom. The molecule has 0 unspecified atom stereocenters. The number of rotatable bonds is 5. The Morgan fingerprint density at radius 2 is 2.43 bits per heavy atom. The van der Waals surface area contributed by atoms with Gasteiger partial charge in [0, 0.05) is 12.7 Å². The number of hydrogen-bond acceptors (Lipinski definition) is 5. The monoisotopic (exact) mass is 313 g/mol. The van der Waals surface area contributed by atoms with Crippen molar-refractivity contribution >= 4 is 17.5 Å². The lowest BCUT2D eigenvalue weighted by molar-refractivity contribution is -0.140. The van der Waals surface area contributed by atoms with E-state index in [4.69, 9.17) is 21.1 Å². The average molecular weight is 314 g/mol. The summed E-state index contributed by atoms with van der Waals surface area (Å²) in [6.07, 6.45) is 1.46.